The summed E-state index contributed by atoms with van der Waals surface area (Å²) in [7, 11) is 1.65. The number of likely N-dealkylation sites (tertiary alicyclic amines) is 1. The van der Waals surface area contributed by atoms with E-state index in [1.165, 1.54) is 12.8 Å². The molecule has 0 aromatic heterocycles. The molecule has 4 nitrogen and oxygen atoms in total. The Morgan fingerprint density at radius 1 is 1.19 bits per heavy atom. The van der Waals surface area contributed by atoms with Crippen LogP contribution in [0.2, 0.25) is 5.02 Å². The van der Waals surface area contributed by atoms with E-state index in [1.54, 1.807) is 7.11 Å². The summed E-state index contributed by atoms with van der Waals surface area (Å²) < 4.78 is 5.25. The van der Waals surface area contributed by atoms with Gasteiger partial charge in [-0.15, -0.1) is 0 Å². The molecular formula is C20H24ClN3OS. The quantitative estimate of drug-likeness (QED) is 0.713. The van der Waals surface area contributed by atoms with Crippen molar-refractivity contribution in [3.05, 3.63) is 59.1 Å². The van der Waals surface area contributed by atoms with E-state index in [-0.39, 0.29) is 6.04 Å². The molecule has 2 aromatic rings. The maximum Gasteiger partial charge on any atom is 0.170 e. The smallest absolute Gasteiger partial charge is 0.170 e. The Balaban J connectivity index is 1.65. The zero-order valence-corrected chi connectivity index (χ0v) is 16.4. The lowest BCUT2D eigenvalue weighted by molar-refractivity contribution is 0.246. The van der Waals surface area contributed by atoms with Crippen LogP contribution >= 0.6 is 23.8 Å². The summed E-state index contributed by atoms with van der Waals surface area (Å²) >= 11 is 11.9. The molecule has 0 radical (unpaired) electrons. The number of halogens is 1. The van der Waals surface area contributed by atoms with Crippen LogP contribution in [0.25, 0.3) is 0 Å². The highest BCUT2D eigenvalue weighted by Crippen LogP contribution is 2.29. The number of nitrogens with one attached hydrogen (secondary N) is 2. The van der Waals surface area contributed by atoms with Gasteiger partial charge in [0.2, 0.25) is 0 Å². The highest BCUT2D eigenvalue weighted by molar-refractivity contribution is 7.80. The number of methoxy groups -OCH3 is 1. The molecule has 138 valence electrons. The van der Waals surface area contributed by atoms with Crippen LogP contribution in [0, 0.1) is 0 Å². The fourth-order valence-electron chi connectivity index (χ4n) is 3.30. The fraction of sp³-hybridized carbons (Fsp3) is 0.350. The average Bonchev–Trinajstić information content (AvgIpc) is 3.18. The van der Waals surface area contributed by atoms with Crippen molar-refractivity contribution < 1.29 is 4.74 Å². The third-order valence-electron chi connectivity index (χ3n) is 4.63. The number of ether oxygens (including phenoxy) is 1. The average molecular weight is 390 g/mol. The number of rotatable bonds is 6. The van der Waals surface area contributed by atoms with Gasteiger partial charge < -0.3 is 15.4 Å². The summed E-state index contributed by atoms with van der Waals surface area (Å²) in [5.74, 6) is 0.795. The molecule has 1 fully saturated rings. The van der Waals surface area contributed by atoms with Crippen molar-refractivity contribution in [1.29, 1.82) is 0 Å². The summed E-state index contributed by atoms with van der Waals surface area (Å²) in [6.07, 6.45) is 2.46. The predicted octanol–water partition coefficient (Wildman–Crippen LogP) is 4.47. The number of nitrogens with zero attached hydrogens (tertiary/aromatic N) is 1. The molecule has 0 saturated carbocycles. The molecule has 1 saturated heterocycles. The second kappa shape index (κ2) is 9.21. The van der Waals surface area contributed by atoms with Gasteiger partial charge >= 0.3 is 0 Å². The SMILES string of the molecule is COc1cccc(NC(=S)NC[C@H](c2ccccc2Cl)N2CCCC2)c1. The van der Waals surface area contributed by atoms with Crippen molar-refractivity contribution in [2.45, 2.75) is 18.9 Å². The molecule has 2 N–H and O–H groups in total. The first-order valence-corrected chi connectivity index (χ1v) is 9.63. The van der Waals surface area contributed by atoms with E-state index in [9.17, 15) is 0 Å². The van der Waals surface area contributed by atoms with Crippen molar-refractivity contribution in [3.63, 3.8) is 0 Å². The number of hydrogen-bond acceptors (Lipinski definition) is 3. The number of hydrogen-bond donors (Lipinski definition) is 2. The lowest BCUT2D eigenvalue weighted by Gasteiger charge is -2.29. The van der Waals surface area contributed by atoms with E-state index in [4.69, 9.17) is 28.6 Å². The highest BCUT2D eigenvalue weighted by Gasteiger charge is 2.25. The van der Waals surface area contributed by atoms with Crippen LogP contribution in [0.4, 0.5) is 5.69 Å². The van der Waals surface area contributed by atoms with E-state index in [1.807, 2.05) is 42.5 Å². The second-order valence-electron chi connectivity index (χ2n) is 6.35. The van der Waals surface area contributed by atoms with Gasteiger partial charge in [-0.05, 0) is 61.9 Å². The van der Waals surface area contributed by atoms with E-state index in [2.05, 4.69) is 21.6 Å². The van der Waals surface area contributed by atoms with Gasteiger partial charge in [-0.3, -0.25) is 4.90 Å². The van der Waals surface area contributed by atoms with E-state index >= 15 is 0 Å². The summed E-state index contributed by atoms with van der Waals surface area (Å²) in [6, 6.07) is 16.0. The Morgan fingerprint density at radius 2 is 1.96 bits per heavy atom. The summed E-state index contributed by atoms with van der Waals surface area (Å²) in [5.41, 5.74) is 2.05. The summed E-state index contributed by atoms with van der Waals surface area (Å²) in [6.45, 7) is 2.89. The molecule has 1 atom stereocenters. The van der Waals surface area contributed by atoms with Gasteiger partial charge in [-0.2, -0.15) is 0 Å². The Morgan fingerprint density at radius 3 is 2.69 bits per heavy atom. The number of benzene rings is 2. The molecule has 0 unspecified atom stereocenters. The standard InChI is InChI=1S/C20H24ClN3OS/c1-25-16-8-6-7-15(13-16)23-20(26)22-14-19(24-11-4-5-12-24)17-9-2-3-10-18(17)21/h2-3,6-10,13,19H,4-5,11-12,14H2,1H3,(H2,22,23,26)/t19-/m1/s1. The second-order valence-corrected chi connectivity index (χ2v) is 7.16. The molecule has 1 aliphatic rings. The Labute approximate surface area is 165 Å². The molecule has 0 amide bonds. The highest BCUT2D eigenvalue weighted by atomic mass is 35.5. The van der Waals surface area contributed by atoms with Gasteiger partial charge in [-0.25, -0.2) is 0 Å². The maximum atomic E-state index is 6.46. The van der Waals surface area contributed by atoms with Gasteiger partial charge in [0.15, 0.2) is 5.11 Å². The number of anilines is 1. The minimum atomic E-state index is 0.205. The molecule has 0 aliphatic carbocycles. The van der Waals surface area contributed by atoms with Crippen molar-refractivity contribution >= 4 is 34.6 Å². The Bertz CT molecular complexity index is 749. The molecule has 26 heavy (non-hydrogen) atoms. The fourth-order valence-corrected chi connectivity index (χ4v) is 3.76. The molecule has 3 rings (SSSR count). The maximum absolute atomic E-state index is 6.46. The van der Waals surface area contributed by atoms with E-state index in [0.29, 0.717) is 11.7 Å². The largest absolute Gasteiger partial charge is 0.497 e. The van der Waals surface area contributed by atoms with Crippen LogP contribution in [-0.4, -0.2) is 36.8 Å². The minimum Gasteiger partial charge on any atom is -0.497 e. The van der Waals surface area contributed by atoms with Gasteiger partial charge in [0.1, 0.15) is 5.75 Å². The third kappa shape index (κ3) is 4.87. The van der Waals surface area contributed by atoms with Gasteiger partial charge in [-0.1, -0.05) is 35.9 Å². The van der Waals surface area contributed by atoms with Crippen LogP contribution in [0.1, 0.15) is 24.4 Å². The molecule has 2 aromatic carbocycles. The van der Waals surface area contributed by atoms with Gasteiger partial charge in [0.25, 0.3) is 0 Å². The normalized spacial score (nSPS) is 15.5. The molecular weight excluding hydrogens is 366 g/mol. The van der Waals surface area contributed by atoms with Crippen LogP contribution in [0.15, 0.2) is 48.5 Å². The first-order chi connectivity index (χ1) is 12.7. The van der Waals surface area contributed by atoms with Crippen LogP contribution < -0.4 is 15.4 Å². The van der Waals surface area contributed by atoms with Crippen molar-refractivity contribution in [1.82, 2.24) is 10.2 Å². The van der Waals surface area contributed by atoms with Crippen molar-refractivity contribution in [2.24, 2.45) is 0 Å². The zero-order chi connectivity index (χ0) is 18.4. The first-order valence-electron chi connectivity index (χ1n) is 8.85. The van der Waals surface area contributed by atoms with Crippen LogP contribution in [0.5, 0.6) is 5.75 Å². The lowest BCUT2D eigenvalue weighted by Crippen LogP contribution is -2.38. The molecule has 1 aliphatic heterocycles. The van der Waals surface area contributed by atoms with E-state index < -0.39 is 0 Å². The van der Waals surface area contributed by atoms with Gasteiger partial charge in [0, 0.05) is 23.3 Å². The summed E-state index contributed by atoms with van der Waals surface area (Å²) in [4.78, 5) is 2.47. The third-order valence-corrected chi connectivity index (χ3v) is 5.22. The van der Waals surface area contributed by atoms with Crippen LogP contribution in [0.3, 0.4) is 0 Å². The molecule has 0 spiro atoms. The predicted molar refractivity (Wildman–Crippen MR) is 112 cm³/mol. The Hall–Kier alpha value is -1.82. The molecule has 0 bridgehead atoms. The zero-order valence-electron chi connectivity index (χ0n) is 14.9. The molecule has 1 heterocycles. The summed E-state index contributed by atoms with van der Waals surface area (Å²) in [5, 5.41) is 7.96. The Kier molecular flexibility index (Phi) is 6.72. The number of thiocarbonyl (C=S) groups is 1. The van der Waals surface area contributed by atoms with Crippen LogP contribution in [-0.2, 0) is 0 Å². The van der Waals surface area contributed by atoms with E-state index in [0.717, 1.165) is 35.1 Å². The topological polar surface area (TPSA) is 36.5 Å². The van der Waals surface area contributed by atoms with Crippen molar-refractivity contribution in [2.75, 3.05) is 32.1 Å². The monoisotopic (exact) mass is 389 g/mol. The van der Waals surface area contributed by atoms with Gasteiger partial charge in [0.05, 0.1) is 13.2 Å². The first kappa shape index (κ1) is 19.0. The lowest BCUT2D eigenvalue weighted by atomic mass is 10.1. The minimum absolute atomic E-state index is 0.205. The molecule has 6 heteroatoms. The van der Waals surface area contributed by atoms with Crippen molar-refractivity contribution in [3.8, 4) is 5.75 Å².